The van der Waals surface area contributed by atoms with Crippen molar-refractivity contribution in [2.75, 3.05) is 12.4 Å². The summed E-state index contributed by atoms with van der Waals surface area (Å²) in [5.41, 5.74) is 3.75. The first-order valence-corrected chi connectivity index (χ1v) is 11.6. The molecule has 0 radical (unpaired) electrons. The predicted octanol–water partition coefficient (Wildman–Crippen LogP) is 3.92. The van der Waals surface area contributed by atoms with Crippen LogP contribution in [0.2, 0.25) is 0 Å². The van der Waals surface area contributed by atoms with Gasteiger partial charge in [-0.15, -0.1) is 0 Å². The van der Waals surface area contributed by atoms with Crippen LogP contribution in [0.3, 0.4) is 0 Å². The Balaban J connectivity index is 1.61. The van der Waals surface area contributed by atoms with Gasteiger partial charge in [-0.2, -0.15) is 4.31 Å². The van der Waals surface area contributed by atoms with Crippen LogP contribution in [0.5, 0.6) is 0 Å². The van der Waals surface area contributed by atoms with E-state index < -0.39 is 10.0 Å². The summed E-state index contributed by atoms with van der Waals surface area (Å²) >= 11 is 0. The Morgan fingerprint density at radius 3 is 2.16 bits per heavy atom. The van der Waals surface area contributed by atoms with Crippen molar-refractivity contribution in [1.29, 1.82) is 0 Å². The van der Waals surface area contributed by atoms with Crippen LogP contribution in [0, 0.1) is 0 Å². The lowest BCUT2D eigenvalue weighted by molar-refractivity contribution is 0.0939. The van der Waals surface area contributed by atoms with Crippen molar-refractivity contribution in [3.63, 3.8) is 0 Å². The second-order valence-electron chi connectivity index (χ2n) is 7.61. The molecule has 0 saturated heterocycles. The lowest BCUT2D eigenvalue weighted by Gasteiger charge is -2.19. The van der Waals surface area contributed by atoms with E-state index in [9.17, 15) is 13.2 Å². The van der Waals surface area contributed by atoms with Crippen LogP contribution in [-0.4, -0.2) is 25.7 Å². The van der Waals surface area contributed by atoms with Gasteiger partial charge in [-0.25, -0.2) is 8.42 Å². The van der Waals surface area contributed by atoms with Crippen molar-refractivity contribution in [3.8, 4) is 0 Å². The molecule has 0 aliphatic carbocycles. The van der Waals surface area contributed by atoms with E-state index in [1.165, 1.54) is 10.4 Å². The van der Waals surface area contributed by atoms with Crippen molar-refractivity contribution < 1.29 is 13.2 Å². The summed E-state index contributed by atoms with van der Waals surface area (Å²) in [6.45, 7) is 2.54. The van der Waals surface area contributed by atoms with Crippen LogP contribution < -0.4 is 10.6 Å². The zero-order valence-electron chi connectivity index (χ0n) is 17.5. The van der Waals surface area contributed by atoms with Crippen LogP contribution >= 0.6 is 0 Å². The lowest BCUT2D eigenvalue weighted by Crippen LogP contribution is -2.28. The molecule has 7 heteroatoms. The number of nitrogens with zero attached hydrogens (tertiary/aromatic N) is 1. The van der Waals surface area contributed by atoms with Gasteiger partial charge in [0.25, 0.3) is 5.91 Å². The fourth-order valence-electron chi connectivity index (χ4n) is 3.80. The summed E-state index contributed by atoms with van der Waals surface area (Å²) in [4.78, 5) is 13.0. The third-order valence-electron chi connectivity index (χ3n) is 5.59. The zero-order valence-corrected chi connectivity index (χ0v) is 18.3. The molecule has 1 atom stereocenters. The number of hydrogen-bond acceptors (Lipinski definition) is 4. The molecule has 6 nitrogen and oxygen atoms in total. The first-order chi connectivity index (χ1) is 14.9. The molecule has 0 fully saturated rings. The van der Waals surface area contributed by atoms with E-state index in [1.54, 1.807) is 19.2 Å². The molecule has 1 aliphatic rings. The summed E-state index contributed by atoms with van der Waals surface area (Å²) in [5, 5.41) is 5.89. The molecule has 160 valence electrons. The second-order valence-corrected chi connectivity index (χ2v) is 9.51. The van der Waals surface area contributed by atoms with Gasteiger partial charge in [-0.05, 0) is 41.8 Å². The number of carbonyl (C=O) groups excluding carboxylic acids is 1. The third-order valence-corrected chi connectivity index (χ3v) is 7.42. The van der Waals surface area contributed by atoms with Crippen LogP contribution in [0.4, 0.5) is 5.69 Å². The van der Waals surface area contributed by atoms with Crippen molar-refractivity contribution in [1.82, 2.24) is 9.62 Å². The SMILES string of the molecule is CNc1ccc(C(=O)NC(C)c2ccccc2)cc1S(=O)(=O)N1Cc2ccccc2C1. The highest BCUT2D eigenvalue weighted by atomic mass is 32.2. The first kappa shape index (κ1) is 21.1. The Kier molecular flexibility index (Phi) is 5.80. The van der Waals surface area contributed by atoms with E-state index in [2.05, 4.69) is 10.6 Å². The van der Waals surface area contributed by atoms with Gasteiger partial charge in [0.15, 0.2) is 0 Å². The van der Waals surface area contributed by atoms with Gasteiger partial charge in [0.1, 0.15) is 4.90 Å². The number of benzene rings is 3. The number of rotatable bonds is 6. The molecule has 1 aliphatic heterocycles. The lowest BCUT2D eigenvalue weighted by atomic mass is 10.1. The Morgan fingerprint density at radius 1 is 0.935 bits per heavy atom. The number of amides is 1. The van der Waals surface area contributed by atoms with Crippen LogP contribution in [-0.2, 0) is 23.1 Å². The number of carbonyl (C=O) groups is 1. The fourth-order valence-corrected chi connectivity index (χ4v) is 5.42. The van der Waals surface area contributed by atoms with Crippen molar-refractivity contribution in [2.45, 2.75) is 31.0 Å². The molecule has 0 spiro atoms. The monoisotopic (exact) mass is 435 g/mol. The van der Waals surface area contributed by atoms with Gasteiger partial charge in [0.2, 0.25) is 10.0 Å². The average molecular weight is 436 g/mol. The maximum absolute atomic E-state index is 13.5. The van der Waals surface area contributed by atoms with Gasteiger partial charge in [-0.3, -0.25) is 4.79 Å². The highest BCUT2D eigenvalue weighted by molar-refractivity contribution is 7.89. The molecule has 0 bridgehead atoms. The highest BCUT2D eigenvalue weighted by Gasteiger charge is 2.32. The number of anilines is 1. The first-order valence-electron chi connectivity index (χ1n) is 10.1. The van der Waals surface area contributed by atoms with Crippen LogP contribution in [0.25, 0.3) is 0 Å². The van der Waals surface area contributed by atoms with E-state index in [0.717, 1.165) is 16.7 Å². The smallest absolute Gasteiger partial charge is 0.251 e. The van der Waals surface area contributed by atoms with Crippen LogP contribution in [0.15, 0.2) is 77.7 Å². The van der Waals surface area contributed by atoms with Gasteiger partial charge < -0.3 is 10.6 Å². The highest BCUT2D eigenvalue weighted by Crippen LogP contribution is 2.32. The second kappa shape index (κ2) is 8.53. The molecule has 0 saturated carbocycles. The molecule has 1 heterocycles. The Labute approximate surface area is 183 Å². The molecular weight excluding hydrogens is 410 g/mol. The maximum Gasteiger partial charge on any atom is 0.251 e. The number of nitrogens with one attached hydrogen (secondary N) is 2. The standard InChI is InChI=1S/C24H25N3O3S/c1-17(18-8-4-3-5-9-18)26-24(28)19-12-13-22(25-2)23(14-19)31(29,30)27-15-20-10-6-7-11-21(20)16-27/h3-14,17,25H,15-16H2,1-2H3,(H,26,28). The zero-order chi connectivity index (χ0) is 22.0. The molecule has 4 rings (SSSR count). The molecule has 2 N–H and O–H groups in total. The summed E-state index contributed by atoms with van der Waals surface area (Å²) in [6, 6.07) is 21.9. The van der Waals surface area contributed by atoms with E-state index in [1.807, 2.05) is 61.5 Å². The molecule has 3 aromatic rings. The number of fused-ring (bicyclic) bond motifs is 1. The Morgan fingerprint density at radius 2 is 1.55 bits per heavy atom. The molecule has 0 aromatic heterocycles. The van der Waals surface area contributed by atoms with Crippen molar-refractivity contribution in [3.05, 3.63) is 95.1 Å². The minimum absolute atomic E-state index is 0.0998. The topological polar surface area (TPSA) is 78.5 Å². The quantitative estimate of drug-likeness (QED) is 0.615. The molecule has 31 heavy (non-hydrogen) atoms. The van der Waals surface area contributed by atoms with Crippen molar-refractivity contribution in [2.24, 2.45) is 0 Å². The molecular formula is C24H25N3O3S. The van der Waals surface area contributed by atoms with Gasteiger partial charge in [0, 0.05) is 25.7 Å². The summed E-state index contributed by atoms with van der Waals surface area (Å²) in [6.07, 6.45) is 0. The maximum atomic E-state index is 13.5. The Bertz CT molecular complexity index is 1180. The van der Waals surface area contributed by atoms with E-state index in [0.29, 0.717) is 24.3 Å². The van der Waals surface area contributed by atoms with E-state index in [-0.39, 0.29) is 16.8 Å². The van der Waals surface area contributed by atoms with Gasteiger partial charge in [-0.1, -0.05) is 54.6 Å². The molecule has 1 unspecified atom stereocenters. The molecule has 3 aromatic carbocycles. The van der Waals surface area contributed by atoms with Crippen LogP contribution in [0.1, 0.15) is 40.0 Å². The van der Waals surface area contributed by atoms with E-state index >= 15 is 0 Å². The fraction of sp³-hybridized carbons (Fsp3) is 0.208. The minimum Gasteiger partial charge on any atom is -0.387 e. The summed E-state index contributed by atoms with van der Waals surface area (Å²) < 4.78 is 28.4. The van der Waals surface area contributed by atoms with Gasteiger partial charge >= 0.3 is 0 Å². The number of hydrogen-bond donors (Lipinski definition) is 2. The predicted molar refractivity (Wildman–Crippen MR) is 121 cm³/mol. The minimum atomic E-state index is -3.79. The molecule has 1 amide bonds. The summed E-state index contributed by atoms with van der Waals surface area (Å²) in [7, 11) is -2.12. The van der Waals surface area contributed by atoms with E-state index in [4.69, 9.17) is 0 Å². The van der Waals surface area contributed by atoms with Gasteiger partial charge in [0.05, 0.1) is 11.7 Å². The summed E-state index contributed by atoms with van der Waals surface area (Å²) in [5.74, 6) is -0.319. The normalized spacial score (nSPS) is 14.6. The third kappa shape index (κ3) is 4.19. The number of sulfonamides is 1. The Hall–Kier alpha value is -3.16. The average Bonchev–Trinajstić information content (AvgIpc) is 3.24. The van der Waals surface area contributed by atoms with Crippen molar-refractivity contribution >= 4 is 21.6 Å². The largest absolute Gasteiger partial charge is 0.387 e.